The normalized spacial score (nSPS) is 38.8. The minimum Gasteiger partial charge on any atom is -0.396 e. The van der Waals surface area contributed by atoms with Crippen molar-refractivity contribution in [3.63, 3.8) is 0 Å². The van der Waals surface area contributed by atoms with Crippen molar-refractivity contribution in [2.45, 2.75) is 58.8 Å². The molecule has 0 aromatic rings. The van der Waals surface area contributed by atoms with Gasteiger partial charge in [-0.2, -0.15) is 0 Å². The van der Waals surface area contributed by atoms with Crippen LogP contribution in [0.5, 0.6) is 0 Å². The Bertz CT molecular complexity index is 245. The zero-order chi connectivity index (χ0) is 13.0. The quantitative estimate of drug-likeness (QED) is 0.831. The average Bonchev–Trinajstić information content (AvgIpc) is 2.42. The van der Waals surface area contributed by atoms with E-state index in [1.54, 1.807) is 0 Å². The van der Waals surface area contributed by atoms with E-state index in [1.807, 2.05) is 0 Å². The highest BCUT2D eigenvalue weighted by Gasteiger charge is 2.36. The van der Waals surface area contributed by atoms with Crippen LogP contribution in [0.1, 0.15) is 58.8 Å². The molecule has 2 aliphatic rings. The fourth-order valence-corrected chi connectivity index (χ4v) is 3.84. The van der Waals surface area contributed by atoms with Gasteiger partial charge in [0.1, 0.15) is 0 Å². The van der Waals surface area contributed by atoms with Crippen LogP contribution in [0, 0.1) is 17.3 Å². The fourth-order valence-electron chi connectivity index (χ4n) is 3.84. The molecule has 1 N–H and O–H groups in total. The number of aliphatic hydroxyl groups is 1. The standard InChI is InChI=1S/C16H31NO/c1-3-15-5-4-10-17(11-15)12-16(13-18)8-6-14(2)7-9-16/h14-15,18H,3-13H2,1-2H3. The first-order chi connectivity index (χ1) is 8.67. The van der Waals surface area contributed by atoms with Crippen molar-refractivity contribution in [1.82, 2.24) is 4.90 Å². The zero-order valence-corrected chi connectivity index (χ0v) is 12.3. The molecule has 0 aromatic heterocycles. The number of hydrogen-bond donors (Lipinski definition) is 1. The van der Waals surface area contributed by atoms with Gasteiger partial charge in [-0.15, -0.1) is 0 Å². The Morgan fingerprint density at radius 2 is 1.94 bits per heavy atom. The molecule has 1 atom stereocenters. The SMILES string of the molecule is CCC1CCCN(CC2(CO)CCC(C)CC2)C1. The number of piperidine rings is 1. The number of aliphatic hydroxyl groups excluding tert-OH is 1. The third-order valence-electron chi connectivity index (χ3n) is 5.41. The first-order valence-electron chi connectivity index (χ1n) is 8.00. The Kier molecular flexibility index (Phi) is 5.08. The molecular formula is C16H31NO. The summed E-state index contributed by atoms with van der Waals surface area (Å²) < 4.78 is 0. The van der Waals surface area contributed by atoms with Crippen LogP contribution in [-0.2, 0) is 0 Å². The maximum absolute atomic E-state index is 9.85. The van der Waals surface area contributed by atoms with Crippen molar-refractivity contribution >= 4 is 0 Å². The fraction of sp³-hybridized carbons (Fsp3) is 1.00. The minimum absolute atomic E-state index is 0.224. The van der Waals surface area contributed by atoms with E-state index in [-0.39, 0.29) is 5.41 Å². The molecule has 1 saturated carbocycles. The third-order valence-corrected chi connectivity index (χ3v) is 5.41. The van der Waals surface area contributed by atoms with E-state index in [4.69, 9.17) is 0 Å². The summed E-state index contributed by atoms with van der Waals surface area (Å²) in [4.78, 5) is 2.64. The lowest BCUT2D eigenvalue weighted by Crippen LogP contribution is -2.46. The van der Waals surface area contributed by atoms with Crippen molar-refractivity contribution in [2.75, 3.05) is 26.2 Å². The summed E-state index contributed by atoms with van der Waals surface area (Å²) in [7, 11) is 0. The second-order valence-corrected chi connectivity index (χ2v) is 6.99. The second kappa shape index (κ2) is 6.38. The Morgan fingerprint density at radius 1 is 1.22 bits per heavy atom. The summed E-state index contributed by atoms with van der Waals surface area (Å²) in [5.74, 6) is 1.77. The molecule has 0 aromatic carbocycles. The van der Waals surface area contributed by atoms with E-state index >= 15 is 0 Å². The number of nitrogens with zero attached hydrogens (tertiary/aromatic N) is 1. The Morgan fingerprint density at radius 3 is 2.56 bits per heavy atom. The van der Waals surface area contributed by atoms with Gasteiger partial charge >= 0.3 is 0 Å². The average molecular weight is 253 g/mol. The van der Waals surface area contributed by atoms with Crippen molar-refractivity contribution < 1.29 is 5.11 Å². The lowest BCUT2D eigenvalue weighted by molar-refractivity contribution is 0.0160. The van der Waals surface area contributed by atoms with Crippen molar-refractivity contribution in [2.24, 2.45) is 17.3 Å². The molecule has 0 bridgehead atoms. The molecule has 18 heavy (non-hydrogen) atoms. The van der Waals surface area contributed by atoms with E-state index in [1.165, 1.54) is 58.0 Å². The van der Waals surface area contributed by atoms with Gasteiger partial charge in [0.2, 0.25) is 0 Å². The van der Waals surface area contributed by atoms with Gasteiger partial charge in [-0.3, -0.25) is 0 Å². The van der Waals surface area contributed by atoms with Gasteiger partial charge in [-0.05, 0) is 44.1 Å². The van der Waals surface area contributed by atoms with Crippen LogP contribution in [-0.4, -0.2) is 36.2 Å². The smallest absolute Gasteiger partial charge is 0.0499 e. The van der Waals surface area contributed by atoms with Crippen molar-refractivity contribution in [3.8, 4) is 0 Å². The van der Waals surface area contributed by atoms with Gasteiger partial charge in [0.05, 0.1) is 0 Å². The Hall–Kier alpha value is -0.0800. The summed E-state index contributed by atoms with van der Waals surface area (Å²) >= 11 is 0. The van der Waals surface area contributed by atoms with E-state index < -0.39 is 0 Å². The van der Waals surface area contributed by atoms with Gasteiger partial charge in [0.25, 0.3) is 0 Å². The van der Waals surface area contributed by atoms with Crippen LogP contribution in [0.15, 0.2) is 0 Å². The van der Waals surface area contributed by atoms with Crippen molar-refractivity contribution in [1.29, 1.82) is 0 Å². The molecule has 0 radical (unpaired) electrons. The Labute approximate surface area is 113 Å². The summed E-state index contributed by atoms with van der Waals surface area (Å²) in [6.45, 7) is 8.74. The van der Waals surface area contributed by atoms with Crippen LogP contribution in [0.2, 0.25) is 0 Å². The lowest BCUT2D eigenvalue weighted by Gasteiger charge is -2.43. The van der Waals surface area contributed by atoms with Gasteiger partial charge < -0.3 is 10.0 Å². The van der Waals surface area contributed by atoms with E-state index in [0.717, 1.165) is 18.4 Å². The number of rotatable bonds is 4. The zero-order valence-electron chi connectivity index (χ0n) is 12.3. The molecule has 1 unspecified atom stereocenters. The van der Waals surface area contributed by atoms with E-state index in [2.05, 4.69) is 18.7 Å². The molecule has 0 spiro atoms. The second-order valence-electron chi connectivity index (χ2n) is 6.99. The predicted octanol–water partition coefficient (Wildman–Crippen LogP) is 3.30. The van der Waals surface area contributed by atoms with Crippen LogP contribution in [0.25, 0.3) is 0 Å². The predicted molar refractivity (Wildman–Crippen MR) is 76.6 cm³/mol. The molecule has 1 saturated heterocycles. The third kappa shape index (κ3) is 3.48. The molecule has 2 rings (SSSR count). The highest BCUT2D eigenvalue weighted by Crippen LogP contribution is 2.39. The highest BCUT2D eigenvalue weighted by atomic mass is 16.3. The maximum atomic E-state index is 9.85. The highest BCUT2D eigenvalue weighted by molar-refractivity contribution is 4.88. The molecular weight excluding hydrogens is 222 g/mol. The van der Waals surface area contributed by atoms with Crippen LogP contribution >= 0.6 is 0 Å². The van der Waals surface area contributed by atoms with Crippen LogP contribution in [0.4, 0.5) is 0 Å². The van der Waals surface area contributed by atoms with E-state index in [0.29, 0.717) is 6.61 Å². The molecule has 1 heterocycles. The van der Waals surface area contributed by atoms with Crippen LogP contribution in [0.3, 0.4) is 0 Å². The summed E-state index contributed by atoms with van der Waals surface area (Å²) in [5.41, 5.74) is 0.224. The lowest BCUT2D eigenvalue weighted by atomic mass is 9.70. The summed E-state index contributed by atoms with van der Waals surface area (Å²) in [5, 5.41) is 9.85. The topological polar surface area (TPSA) is 23.5 Å². The molecule has 2 heteroatoms. The van der Waals surface area contributed by atoms with Crippen molar-refractivity contribution in [3.05, 3.63) is 0 Å². The first kappa shape index (κ1) is 14.3. The van der Waals surface area contributed by atoms with Gasteiger partial charge in [0, 0.05) is 25.1 Å². The van der Waals surface area contributed by atoms with Gasteiger partial charge in [0.15, 0.2) is 0 Å². The largest absolute Gasteiger partial charge is 0.396 e. The Balaban J connectivity index is 1.89. The molecule has 0 amide bonds. The minimum atomic E-state index is 0.224. The molecule has 106 valence electrons. The summed E-state index contributed by atoms with van der Waals surface area (Å²) in [6, 6.07) is 0. The first-order valence-corrected chi connectivity index (χ1v) is 8.00. The van der Waals surface area contributed by atoms with E-state index in [9.17, 15) is 5.11 Å². The molecule has 1 aliphatic heterocycles. The molecule has 2 fully saturated rings. The van der Waals surface area contributed by atoms with Gasteiger partial charge in [-0.25, -0.2) is 0 Å². The maximum Gasteiger partial charge on any atom is 0.0499 e. The monoisotopic (exact) mass is 253 g/mol. The summed E-state index contributed by atoms with van der Waals surface area (Å²) in [6.07, 6.45) is 9.18. The molecule has 2 nitrogen and oxygen atoms in total. The number of hydrogen-bond acceptors (Lipinski definition) is 2. The van der Waals surface area contributed by atoms with Crippen LogP contribution < -0.4 is 0 Å². The number of likely N-dealkylation sites (tertiary alicyclic amines) is 1. The van der Waals surface area contributed by atoms with Gasteiger partial charge in [-0.1, -0.05) is 33.1 Å². The molecule has 1 aliphatic carbocycles.